The van der Waals surface area contributed by atoms with Crippen LogP contribution in [0.15, 0.2) is 71.5 Å². The summed E-state index contributed by atoms with van der Waals surface area (Å²) in [5.74, 6) is 1.11. The zero-order valence-corrected chi connectivity index (χ0v) is 13.3. The number of imidazole rings is 1. The Kier molecular flexibility index (Phi) is 2.34. The van der Waals surface area contributed by atoms with Gasteiger partial charge in [0.15, 0.2) is 5.58 Å². The Bertz CT molecular complexity index is 1270. The quantitative estimate of drug-likeness (QED) is 0.435. The second kappa shape index (κ2) is 4.54. The topological polar surface area (TPSA) is 47.7 Å². The van der Waals surface area contributed by atoms with E-state index < -0.39 is 0 Å². The number of hydrogen-bond donors (Lipinski definition) is 0. The largest absolute Gasteiger partial charge is 0.417 e. The molecule has 0 atom stereocenters. The van der Waals surface area contributed by atoms with Crippen molar-refractivity contribution in [3.63, 3.8) is 0 Å². The van der Waals surface area contributed by atoms with Crippen molar-refractivity contribution in [2.45, 2.75) is 6.54 Å². The number of benzene rings is 1. The smallest absolute Gasteiger partial charge is 0.340 e. The SMILES string of the molecule is c1ccc(-n2c3[n+](c4oc5cnccc5c42)Cc2ncccc2-3)cc1. The maximum absolute atomic E-state index is 6.18. The van der Waals surface area contributed by atoms with Crippen LogP contribution < -0.4 is 4.57 Å². The van der Waals surface area contributed by atoms with Gasteiger partial charge in [0.25, 0.3) is 5.82 Å². The molecule has 25 heavy (non-hydrogen) atoms. The van der Waals surface area contributed by atoms with Crippen molar-refractivity contribution in [3.05, 3.63) is 72.8 Å². The van der Waals surface area contributed by atoms with Gasteiger partial charge in [-0.3, -0.25) is 9.97 Å². The van der Waals surface area contributed by atoms with Crippen LogP contribution in [0.25, 0.3) is 39.3 Å². The molecule has 0 radical (unpaired) electrons. The molecule has 0 bridgehead atoms. The Morgan fingerprint density at radius 3 is 2.84 bits per heavy atom. The van der Waals surface area contributed by atoms with Crippen molar-refractivity contribution in [2.24, 2.45) is 0 Å². The van der Waals surface area contributed by atoms with Crippen molar-refractivity contribution in [1.82, 2.24) is 14.5 Å². The third-order valence-corrected chi connectivity index (χ3v) is 4.84. The highest BCUT2D eigenvalue weighted by molar-refractivity contribution is 6.02. The summed E-state index contributed by atoms with van der Waals surface area (Å²) in [4.78, 5) is 8.75. The van der Waals surface area contributed by atoms with E-state index in [0.717, 1.165) is 51.5 Å². The lowest BCUT2D eigenvalue weighted by atomic mass is 10.2. The van der Waals surface area contributed by atoms with E-state index in [1.165, 1.54) is 0 Å². The van der Waals surface area contributed by atoms with Gasteiger partial charge in [-0.2, -0.15) is 9.13 Å². The number of furan rings is 1. The number of aromatic nitrogens is 4. The minimum Gasteiger partial charge on any atom is -0.417 e. The van der Waals surface area contributed by atoms with Gasteiger partial charge in [0.2, 0.25) is 5.52 Å². The van der Waals surface area contributed by atoms with Crippen LogP contribution in [0.3, 0.4) is 0 Å². The number of hydrogen-bond acceptors (Lipinski definition) is 3. The molecule has 5 heterocycles. The highest BCUT2D eigenvalue weighted by Crippen LogP contribution is 2.37. The fraction of sp³-hybridized carbons (Fsp3) is 0.0500. The molecule has 0 unspecified atom stereocenters. The lowest BCUT2D eigenvalue weighted by molar-refractivity contribution is -0.652. The van der Waals surface area contributed by atoms with Gasteiger partial charge < -0.3 is 4.42 Å². The van der Waals surface area contributed by atoms with Crippen LogP contribution >= 0.6 is 0 Å². The third kappa shape index (κ3) is 1.59. The van der Waals surface area contributed by atoms with Crippen LogP contribution in [0.2, 0.25) is 0 Å². The summed E-state index contributed by atoms with van der Waals surface area (Å²) in [6, 6.07) is 16.5. The van der Waals surface area contributed by atoms with Crippen LogP contribution in [0.1, 0.15) is 5.69 Å². The summed E-state index contributed by atoms with van der Waals surface area (Å²) >= 11 is 0. The molecule has 1 aromatic carbocycles. The molecule has 5 aromatic rings. The molecule has 0 saturated carbocycles. The molecule has 5 nitrogen and oxygen atoms in total. The van der Waals surface area contributed by atoms with Crippen molar-refractivity contribution in [1.29, 1.82) is 0 Å². The predicted molar refractivity (Wildman–Crippen MR) is 93.4 cm³/mol. The molecule has 5 heteroatoms. The second-order valence-corrected chi connectivity index (χ2v) is 6.21. The van der Waals surface area contributed by atoms with Gasteiger partial charge >= 0.3 is 5.71 Å². The predicted octanol–water partition coefficient (Wildman–Crippen LogP) is 3.48. The van der Waals surface area contributed by atoms with E-state index >= 15 is 0 Å². The van der Waals surface area contributed by atoms with Crippen molar-refractivity contribution in [2.75, 3.05) is 0 Å². The van der Waals surface area contributed by atoms with Gasteiger partial charge in [-0.05, 0) is 30.3 Å². The van der Waals surface area contributed by atoms with E-state index in [2.05, 4.69) is 49.4 Å². The summed E-state index contributed by atoms with van der Waals surface area (Å²) in [6.07, 6.45) is 5.43. The summed E-state index contributed by atoms with van der Waals surface area (Å²) < 4.78 is 10.7. The Morgan fingerprint density at radius 1 is 1.00 bits per heavy atom. The third-order valence-electron chi connectivity index (χ3n) is 4.84. The standard InChI is InChI=1S/C20H13N4O/c1-2-5-13(6-3-1)24-18-15-8-10-21-11-17(15)25-20(18)23-12-16-14(19(23)24)7-4-9-22-16/h1-11H,12H2/q+1. The molecule has 0 N–H and O–H groups in total. The summed E-state index contributed by atoms with van der Waals surface area (Å²) in [6.45, 7) is 0.717. The molecular weight excluding hydrogens is 312 g/mol. The Balaban J connectivity index is 1.84. The van der Waals surface area contributed by atoms with Gasteiger partial charge in [0.1, 0.15) is 12.2 Å². The van der Waals surface area contributed by atoms with Gasteiger partial charge in [-0.25, -0.2) is 0 Å². The molecule has 4 aromatic heterocycles. The van der Waals surface area contributed by atoms with Crippen LogP contribution in [-0.2, 0) is 6.54 Å². The molecule has 1 aliphatic heterocycles. The van der Waals surface area contributed by atoms with E-state index in [9.17, 15) is 0 Å². The van der Waals surface area contributed by atoms with E-state index in [4.69, 9.17) is 4.42 Å². The first-order chi connectivity index (χ1) is 12.4. The van der Waals surface area contributed by atoms with E-state index in [-0.39, 0.29) is 0 Å². The molecule has 6 rings (SSSR count). The number of pyridine rings is 2. The second-order valence-electron chi connectivity index (χ2n) is 6.21. The first-order valence-corrected chi connectivity index (χ1v) is 8.22. The van der Waals surface area contributed by atoms with Gasteiger partial charge in [0, 0.05) is 12.4 Å². The summed E-state index contributed by atoms with van der Waals surface area (Å²) in [5.41, 5.74) is 6.07. The highest BCUT2D eigenvalue weighted by Gasteiger charge is 2.38. The average Bonchev–Trinajstić information content (AvgIpc) is 3.30. The first kappa shape index (κ1) is 12.9. The Morgan fingerprint density at radius 2 is 1.92 bits per heavy atom. The van der Waals surface area contributed by atoms with Crippen LogP contribution in [0.4, 0.5) is 0 Å². The van der Waals surface area contributed by atoms with Crippen molar-refractivity contribution >= 4 is 22.2 Å². The molecule has 0 saturated heterocycles. The fourth-order valence-electron chi connectivity index (χ4n) is 3.80. The molecule has 0 spiro atoms. The number of nitrogens with zero attached hydrogens (tertiary/aromatic N) is 4. The molecule has 0 amide bonds. The monoisotopic (exact) mass is 325 g/mol. The molecule has 0 fully saturated rings. The van der Waals surface area contributed by atoms with E-state index in [1.807, 2.05) is 30.6 Å². The van der Waals surface area contributed by atoms with Gasteiger partial charge in [-0.15, -0.1) is 0 Å². The molecule has 1 aliphatic rings. The Hall–Kier alpha value is -3.47. The number of rotatable bonds is 1. The Labute approximate surface area is 142 Å². The summed E-state index contributed by atoms with van der Waals surface area (Å²) in [5, 5.41) is 1.07. The zero-order chi connectivity index (χ0) is 16.4. The van der Waals surface area contributed by atoms with Gasteiger partial charge in [0.05, 0.1) is 22.8 Å². The van der Waals surface area contributed by atoms with Crippen molar-refractivity contribution < 1.29 is 8.98 Å². The lowest BCUT2D eigenvalue weighted by Crippen LogP contribution is -2.31. The summed E-state index contributed by atoms with van der Waals surface area (Å²) in [7, 11) is 0. The number of para-hydroxylation sites is 1. The average molecular weight is 325 g/mol. The van der Waals surface area contributed by atoms with Crippen LogP contribution in [0.5, 0.6) is 0 Å². The van der Waals surface area contributed by atoms with Crippen LogP contribution in [0, 0.1) is 0 Å². The molecular formula is C20H13N4O+. The highest BCUT2D eigenvalue weighted by atomic mass is 16.3. The van der Waals surface area contributed by atoms with Crippen molar-refractivity contribution in [3.8, 4) is 17.1 Å². The van der Waals surface area contributed by atoms with Crippen LogP contribution in [-0.4, -0.2) is 14.5 Å². The van der Waals surface area contributed by atoms with E-state index in [0.29, 0.717) is 0 Å². The lowest BCUT2D eigenvalue weighted by Gasteiger charge is -2.01. The minimum absolute atomic E-state index is 0.717. The number of fused-ring (bicyclic) bond motifs is 7. The van der Waals surface area contributed by atoms with E-state index in [1.54, 1.807) is 6.20 Å². The zero-order valence-electron chi connectivity index (χ0n) is 13.3. The maximum Gasteiger partial charge on any atom is 0.340 e. The normalized spacial score (nSPS) is 12.6. The van der Waals surface area contributed by atoms with Gasteiger partial charge in [-0.1, -0.05) is 18.2 Å². The minimum atomic E-state index is 0.717. The molecule has 118 valence electrons. The first-order valence-electron chi connectivity index (χ1n) is 8.22. The maximum atomic E-state index is 6.18. The fourth-order valence-corrected chi connectivity index (χ4v) is 3.80. The molecule has 0 aliphatic carbocycles.